The van der Waals surface area contributed by atoms with Crippen molar-refractivity contribution in [3.05, 3.63) is 0 Å². The van der Waals surface area contributed by atoms with Crippen molar-refractivity contribution in [3.8, 4) is 0 Å². The lowest BCUT2D eigenvalue weighted by Gasteiger charge is -2.29. The molecule has 0 rings (SSSR count). The molecular weight excluding hydrogens is 416 g/mol. The normalized spacial score (nSPS) is 15.6. The molecule has 0 bridgehead atoms. The zero-order chi connectivity index (χ0) is 23.9. The van der Waals surface area contributed by atoms with Crippen LogP contribution in [0.15, 0.2) is 0 Å². The molecule has 186 valence electrons. The summed E-state index contributed by atoms with van der Waals surface area (Å²) in [4.78, 5) is 12.9. The second-order valence-corrected chi connectivity index (χ2v) is 12.8. The molecule has 0 fully saturated rings. The molecule has 0 aliphatic carbocycles. The van der Waals surface area contributed by atoms with Crippen molar-refractivity contribution in [1.82, 2.24) is 0 Å². The zero-order valence-corrected chi connectivity index (χ0v) is 22.1. The Bertz CT molecular complexity index is 458. The van der Waals surface area contributed by atoms with Gasteiger partial charge in [0.1, 0.15) is 23.4 Å². The quantitative estimate of drug-likeness (QED) is 0.247. The fraction of sp³-hybridized carbons (Fsp3) is 0.958. The Hall–Kier alpha value is -0.180. The van der Waals surface area contributed by atoms with Gasteiger partial charge in [-0.05, 0) is 22.7 Å². The Morgan fingerprint density at radius 3 is 1.90 bits per heavy atom. The second kappa shape index (κ2) is 16.4. The molecule has 0 aliphatic rings. The number of ether oxygens (including phenoxy) is 4. The average molecular weight is 466 g/mol. The van der Waals surface area contributed by atoms with Crippen LogP contribution in [0.3, 0.4) is 0 Å². The molecule has 31 heavy (non-hydrogen) atoms. The lowest BCUT2D eigenvalue weighted by Crippen LogP contribution is -2.33. The van der Waals surface area contributed by atoms with E-state index in [2.05, 4.69) is 27.0 Å². The molecule has 6 nitrogen and oxygen atoms in total. The first-order valence-electron chi connectivity index (χ1n) is 11.4. The first kappa shape index (κ1) is 30.8. The molecule has 7 heteroatoms. The number of aliphatic hydroxyl groups is 1. The van der Waals surface area contributed by atoms with Gasteiger partial charge in [-0.25, -0.2) is 0 Å². The van der Waals surface area contributed by atoms with Crippen molar-refractivity contribution in [3.63, 3.8) is 0 Å². The molecule has 1 N–H and O–H groups in total. The minimum atomic E-state index is -0.481. The Labute approximate surface area is 194 Å². The Morgan fingerprint density at radius 1 is 0.903 bits per heavy atom. The van der Waals surface area contributed by atoms with Crippen LogP contribution in [0.4, 0.5) is 0 Å². The van der Waals surface area contributed by atoms with Gasteiger partial charge < -0.3 is 24.1 Å². The number of ketones is 1. The first-order chi connectivity index (χ1) is 14.4. The summed E-state index contributed by atoms with van der Waals surface area (Å²) in [6.07, 6.45) is 3.49. The third kappa shape index (κ3) is 18.0. The number of hydrogen-bond acceptors (Lipinski definition) is 6. The van der Waals surface area contributed by atoms with Crippen LogP contribution in [0.25, 0.3) is 0 Å². The Morgan fingerprint density at radius 2 is 1.42 bits per heavy atom. The van der Waals surface area contributed by atoms with Crippen molar-refractivity contribution in [2.24, 2.45) is 16.7 Å². The highest BCUT2D eigenvalue weighted by molar-refractivity contribution is 7.96. The van der Waals surface area contributed by atoms with Gasteiger partial charge in [0.2, 0.25) is 0 Å². The van der Waals surface area contributed by atoms with Crippen LogP contribution < -0.4 is 0 Å². The minimum absolute atomic E-state index is 0.0528. The predicted octanol–water partition coefficient (Wildman–Crippen LogP) is 3.35. The predicted molar refractivity (Wildman–Crippen MR) is 130 cm³/mol. The smallest absolute Gasteiger partial charge is 0.141 e. The minimum Gasteiger partial charge on any atom is -0.386 e. The van der Waals surface area contributed by atoms with Gasteiger partial charge in [-0.3, -0.25) is 4.79 Å². The third-order valence-electron chi connectivity index (χ3n) is 4.75. The molecule has 0 aliphatic heterocycles. The van der Waals surface area contributed by atoms with Gasteiger partial charge in [0.25, 0.3) is 0 Å². The summed E-state index contributed by atoms with van der Waals surface area (Å²) < 4.78 is 21.2. The van der Waals surface area contributed by atoms with Gasteiger partial charge in [0.05, 0.1) is 52.5 Å². The van der Waals surface area contributed by atoms with E-state index >= 15 is 0 Å². The number of carbonyl (C=O) groups is 1. The van der Waals surface area contributed by atoms with Gasteiger partial charge in [0, 0.05) is 24.9 Å². The van der Waals surface area contributed by atoms with Crippen LogP contribution in [0.1, 0.15) is 54.4 Å². The fourth-order valence-corrected chi connectivity index (χ4v) is 4.89. The topological polar surface area (TPSA) is 74.2 Å². The summed E-state index contributed by atoms with van der Waals surface area (Å²) in [5, 5.41) is 10.3. The average Bonchev–Trinajstić information content (AvgIpc) is 2.64. The Kier molecular flexibility index (Phi) is 16.3. The monoisotopic (exact) mass is 465 g/mol. The summed E-state index contributed by atoms with van der Waals surface area (Å²) in [6, 6.07) is 0. The molecule has 0 saturated carbocycles. The number of aliphatic hydroxyl groups excluding tert-OH is 1. The molecule has 0 aromatic rings. The standard InChI is InChI=1S/C24H49O6S/c1-23(2,3)17-20(22(26)24(4,5)6)9-16-31(8)19-21(25)18-30-15-14-29-13-12-28-11-10-27-7/h20-21,25H,9-19H2,1-8H3/q+1/t20-,21?,31?/m1/s1. The van der Waals surface area contributed by atoms with Crippen molar-refractivity contribution in [2.75, 3.05) is 71.1 Å². The van der Waals surface area contributed by atoms with Gasteiger partial charge in [-0.15, -0.1) is 0 Å². The third-order valence-corrected chi connectivity index (χ3v) is 6.63. The fourth-order valence-electron chi connectivity index (χ4n) is 3.28. The highest BCUT2D eigenvalue weighted by Crippen LogP contribution is 2.32. The Balaban J connectivity index is 4.07. The summed E-state index contributed by atoms with van der Waals surface area (Å²) >= 11 is 0. The van der Waals surface area contributed by atoms with E-state index in [0.717, 1.165) is 18.6 Å². The molecule has 0 aromatic heterocycles. The lowest BCUT2D eigenvalue weighted by molar-refractivity contribution is -0.131. The van der Waals surface area contributed by atoms with Gasteiger partial charge >= 0.3 is 0 Å². The molecule has 0 spiro atoms. The van der Waals surface area contributed by atoms with Crippen LogP contribution in [0, 0.1) is 16.7 Å². The highest BCUT2D eigenvalue weighted by Gasteiger charge is 2.33. The zero-order valence-electron chi connectivity index (χ0n) is 21.3. The maximum atomic E-state index is 12.9. The van der Waals surface area contributed by atoms with Crippen molar-refractivity contribution < 1.29 is 28.8 Å². The van der Waals surface area contributed by atoms with E-state index in [1.165, 1.54) is 0 Å². The second-order valence-electron chi connectivity index (χ2n) is 10.5. The molecule has 3 atom stereocenters. The van der Waals surface area contributed by atoms with E-state index in [-0.39, 0.29) is 27.6 Å². The van der Waals surface area contributed by atoms with Crippen LogP contribution in [-0.4, -0.2) is 88.1 Å². The lowest BCUT2D eigenvalue weighted by atomic mass is 9.75. The summed E-state index contributed by atoms with van der Waals surface area (Å²) in [6.45, 7) is 16.1. The van der Waals surface area contributed by atoms with E-state index in [1.54, 1.807) is 7.11 Å². The number of Topliss-reactive ketones (excluding diaryl/α,β-unsaturated/α-hetero) is 1. The van der Waals surface area contributed by atoms with Crippen LogP contribution in [-0.2, 0) is 34.6 Å². The number of methoxy groups -OCH3 is 1. The molecule has 0 amide bonds. The van der Waals surface area contributed by atoms with Crippen molar-refractivity contribution in [1.29, 1.82) is 0 Å². The maximum Gasteiger partial charge on any atom is 0.141 e. The van der Waals surface area contributed by atoms with Gasteiger partial charge in [-0.1, -0.05) is 41.5 Å². The van der Waals surface area contributed by atoms with E-state index in [4.69, 9.17) is 18.9 Å². The number of carbonyl (C=O) groups excluding carboxylic acids is 1. The number of hydrogen-bond donors (Lipinski definition) is 1. The molecule has 0 radical (unpaired) electrons. The van der Waals surface area contributed by atoms with E-state index in [1.807, 2.05) is 20.8 Å². The van der Waals surface area contributed by atoms with Crippen LogP contribution in [0.2, 0.25) is 0 Å². The summed E-state index contributed by atoms with van der Waals surface area (Å²) in [7, 11) is 1.70. The molecular formula is C24H49O6S+. The largest absolute Gasteiger partial charge is 0.386 e. The van der Waals surface area contributed by atoms with Gasteiger partial charge in [-0.2, -0.15) is 0 Å². The summed E-state index contributed by atoms with van der Waals surface area (Å²) in [5.41, 5.74) is -0.183. The molecule has 2 unspecified atom stereocenters. The van der Waals surface area contributed by atoms with E-state index in [0.29, 0.717) is 57.8 Å². The van der Waals surface area contributed by atoms with Crippen molar-refractivity contribution >= 4 is 16.7 Å². The van der Waals surface area contributed by atoms with Crippen LogP contribution >= 0.6 is 0 Å². The highest BCUT2D eigenvalue weighted by atomic mass is 32.2. The first-order valence-corrected chi connectivity index (χ1v) is 13.4. The molecule has 0 saturated heterocycles. The van der Waals surface area contributed by atoms with E-state index < -0.39 is 6.10 Å². The van der Waals surface area contributed by atoms with E-state index in [9.17, 15) is 9.90 Å². The van der Waals surface area contributed by atoms with Crippen molar-refractivity contribution in [2.45, 2.75) is 60.5 Å². The summed E-state index contributed by atoms with van der Waals surface area (Å²) in [5.74, 6) is 2.11. The maximum absolute atomic E-state index is 12.9. The van der Waals surface area contributed by atoms with Crippen LogP contribution in [0.5, 0.6) is 0 Å². The number of rotatable bonds is 18. The van der Waals surface area contributed by atoms with Gasteiger partial charge in [0.15, 0.2) is 0 Å². The molecule has 0 aromatic carbocycles. The molecule has 0 heterocycles. The SMILES string of the molecule is COCCOCCOCCOCC(O)C[S+](C)CC[C@H](CC(C)(C)C)C(=O)C(C)(C)C.